The fourth-order valence-corrected chi connectivity index (χ4v) is 0.892. The average molecular weight is 123 g/mol. The topological polar surface area (TPSA) is 3.24 Å². The van der Waals surface area contributed by atoms with Crippen LogP contribution in [0, 0.1) is 0 Å². The van der Waals surface area contributed by atoms with E-state index >= 15 is 0 Å². The van der Waals surface area contributed by atoms with E-state index in [1.54, 1.807) is 0 Å². The van der Waals surface area contributed by atoms with Crippen LogP contribution in [0.5, 0.6) is 0 Å². The molecule has 1 heterocycles. The van der Waals surface area contributed by atoms with E-state index in [0.29, 0.717) is 0 Å². The average Bonchev–Trinajstić information content (AvgIpc) is 1.78. The lowest BCUT2D eigenvalue weighted by atomic mass is 10.2. The molecule has 0 atom stereocenters. The number of hydrogen-bond donors (Lipinski definition) is 0. The quantitative estimate of drug-likeness (QED) is 0.513. The molecule has 0 bridgehead atoms. The van der Waals surface area contributed by atoms with Gasteiger partial charge in [0.25, 0.3) is 0 Å². The molecule has 1 nitrogen and oxygen atoms in total. The van der Waals surface area contributed by atoms with Crippen LogP contribution in [0.2, 0.25) is 0 Å². The van der Waals surface area contributed by atoms with E-state index in [9.17, 15) is 0 Å². The Bertz CT molecular complexity index is 123. The van der Waals surface area contributed by atoms with Crippen molar-refractivity contribution in [2.75, 3.05) is 19.6 Å². The third kappa shape index (κ3) is 1.68. The Kier molecular flexibility index (Phi) is 2.06. The molecule has 0 saturated carbocycles. The van der Waals surface area contributed by atoms with Gasteiger partial charge in [-0.25, -0.2) is 0 Å². The van der Waals surface area contributed by atoms with Gasteiger partial charge >= 0.3 is 0 Å². The molecule has 1 aliphatic heterocycles. The second-order valence-electron chi connectivity index (χ2n) is 2.49. The van der Waals surface area contributed by atoms with Gasteiger partial charge in [0.15, 0.2) is 0 Å². The number of rotatable bonds is 3. The summed E-state index contributed by atoms with van der Waals surface area (Å²) in [7, 11) is 0. The van der Waals surface area contributed by atoms with Crippen molar-refractivity contribution in [3.63, 3.8) is 0 Å². The molecule has 0 amide bonds. The fraction of sp³-hybridized carbons (Fsp3) is 0.500. The molecule has 0 N–H and O–H groups in total. The summed E-state index contributed by atoms with van der Waals surface area (Å²) in [5.74, 6) is 0. The molecule has 9 heavy (non-hydrogen) atoms. The van der Waals surface area contributed by atoms with Gasteiger partial charge in [-0.3, -0.25) is 4.90 Å². The van der Waals surface area contributed by atoms with Crippen LogP contribution in [0.15, 0.2) is 24.8 Å². The van der Waals surface area contributed by atoms with Crippen molar-refractivity contribution in [1.29, 1.82) is 0 Å². The predicted octanol–water partition coefficient (Wildman–Crippen LogP) is 1.43. The normalized spacial score (nSPS) is 18.7. The van der Waals surface area contributed by atoms with Gasteiger partial charge < -0.3 is 0 Å². The minimum atomic E-state index is 1.02. The smallest absolute Gasteiger partial charge is 0.0227 e. The first-order chi connectivity index (χ1) is 4.33. The van der Waals surface area contributed by atoms with E-state index in [-0.39, 0.29) is 0 Å². The highest BCUT2D eigenvalue weighted by Crippen LogP contribution is 2.07. The van der Waals surface area contributed by atoms with Crippen LogP contribution in [0.3, 0.4) is 0 Å². The molecule has 0 spiro atoms. The van der Waals surface area contributed by atoms with Crippen LogP contribution < -0.4 is 0 Å². The molecule has 1 saturated heterocycles. The zero-order valence-electron chi connectivity index (χ0n) is 5.77. The van der Waals surface area contributed by atoms with E-state index < -0.39 is 0 Å². The number of hydrogen-bond acceptors (Lipinski definition) is 1. The van der Waals surface area contributed by atoms with E-state index in [2.05, 4.69) is 18.1 Å². The van der Waals surface area contributed by atoms with Crippen LogP contribution in [0.4, 0.5) is 0 Å². The van der Waals surface area contributed by atoms with Gasteiger partial charge in [0.1, 0.15) is 0 Å². The number of nitrogens with zero attached hydrogens (tertiary/aromatic N) is 1. The minimum Gasteiger partial charge on any atom is -0.299 e. The molecule has 0 aromatic heterocycles. The van der Waals surface area contributed by atoms with Crippen LogP contribution >= 0.6 is 0 Å². The first-order valence-corrected chi connectivity index (χ1v) is 3.35. The minimum absolute atomic E-state index is 1.02. The summed E-state index contributed by atoms with van der Waals surface area (Å²) in [5.41, 5.74) is 1.13. The van der Waals surface area contributed by atoms with Gasteiger partial charge in [0.05, 0.1) is 0 Å². The predicted molar refractivity (Wildman–Crippen MR) is 40.4 cm³/mol. The van der Waals surface area contributed by atoms with E-state index in [1.165, 1.54) is 19.5 Å². The molecule has 0 aromatic rings. The lowest BCUT2D eigenvalue weighted by molar-refractivity contribution is 0.200. The number of likely N-dealkylation sites (tertiary alicyclic amines) is 1. The molecular formula is C8H13N. The van der Waals surface area contributed by atoms with Crippen molar-refractivity contribution in [3.8, 4) is 0 Å². The highest BCUT2D eigenvalue weighted by atomic mass is 15.2. The molecule has 1 aliphatic rings. The zero-order chi connectivity index (χ0) is 6.69. The summed E-state index contributed by atoms with van der Waals surface area (Å²) in [5, 5.41) is 0. The Hall–Kier alpha value is -0.560. The molecule has 1 rings (SSSR count). The maximum absolute atomic E-state index is 3.84. The molecule has 0 radical (unpaired) electrons. The van der Waals surface area contributed by atoms with Gasteiger partial charge in [-0.1, -0.05) is 19.2 Å². The van der Waals surface area contributed by atoms with E-state index in [1.807, 2.05) is 6.08 Å². The van der Waals surface area contributed by atoms with E-state index in [0.717, 1.165) is 12.1 Å². The highest BCUT2D eigenvalue weighted by Gasteiger charge is 2.12. The first kappa shape index (κ1) is 6.56. The fourth-order valence-electron chi connectivity index (χ4n) is 0.892. The third-order valence-electron chi connectivity index (χ3n) is 1.66. The monoisotopic (exact) mass is 123 g/mol. The molecule has 50 valence electrons. The van der Waals surface area contributed by atoms with Crippen molar-refractivity contribution in [2.24, 2.45) is 0 Å². The van der Waals surface area contributed by atoms with Gasteiger partial charge in [-0.2, -0.15) is 0 Å². The molecule has 1 heteroatoms. The maximum atomic E-state index is 3.84. The lowest BCUT2D eigenvalue weighted by Gasteiger charge is -2.30. The second kappa shape index (κ2) is 2.83. The standard InChI is InChI=1S/C8H13N/c1-3-8(2)7-9-5-4-6-9/h3H,1-2,4-7H2. The molecule has 0 unspecified atom stereocenters. The summed E-state index contributed by atoms with van der Waals surface area (Å²) in [6, 6.07) is 0. The van der Waals surface area contributed by atoms with Crippen molar-refractivity contribution >= 4 is 0 Å². The summed E-state index contributed by atoms with van der Waals surface area (Å²) in [4.78, 5) is 2.37. The van der Waals surface area contributed by atoms with Gasteiger partial charge in [-0.15, -0.1) is 0 Å². The van der Waals surface area contributed by atoms with Crippen molar-refractivity contribution in [1.82, 2.24) is 4.90 Å². The Morgan fingerprint density at radius 1 is 1.56 bits per heavy atom. The molecule has 0 aromatic carbocycles. The summed E-state index contributed by atoms with van der Waals surface area (Å²) in [6.45, 7) is 11.0. The Morgan fingerprint density at radius 3 is 2.56 bits per heavy atom. The first-order valence-electron chi connectivity index (χ1n) is 3.35. The molecule has 1 fully saturated rings. The van der Waals surface area contributed by atoms with Crippen molar-refractivity contribution in [3.05, 3.63) is 24.8 Å². The largest absolute Gasteiger partial charge is 0.299 e. The summed E-state index contributed by atoms with van der Waals surface area (Å²) < 4.78 is 0. The van der Waals surface area contributed by atoms with Gasteiger partial charge in [-0.05, 0) is 25.1 Å². The van der Waals surface area contributed by atoms with Crippen LogP contribution in [0.1, 0.15) is 6.42 Å². The summed E-state index contributed by atoms with van der Waals surface area (Å²) >= 11 is 0. The maximum Gasteiger partial charge on any atom is 0.0227 e. The van der Waals surface area contributed by atoms with Crippen molar-refractivity contribution in [2.45, 2.75) is 6.42 Å². The van der Waals surface area contributed by atoms with Crippen LogP contribution in [-0.2, 0) is 0 Å². The Balaban J connectivity index is 2.16. The Labute approximate surface area is 56.7 Å². The van der Waals surface area contributed by atoms with E-state index in [4.69, 9.17) is 0 Å². The van der Waals surface area contributed by atoms with Crippen LogP contribution in [0.25, 0.3) is 0 Å². The highest BCUT2D eigenvalue weighted by molar-refractivity contribution is 5.13. The van der Waals surface area contributed by atoms with Crippen LogP contribution in [-0.4, -0.2) is 24.5 Å². The SMILES string of the molecule is C=CC(=C)CN1CCC1. The third-order valence-corrected chi connectivity index (χ3v) is 1.66. The van der Waals surface area contributed by atoms with Crippen molar-refractivity contribution < 1.29 is 0 Å². The van der Waals surface area contributed by atoms with Gasteiger partial charge in [0, 0.05) is 6.54 Å². The van der Waals surface area contributed by atoms with Gasteiger partial charge in [0.2, 0.25) is 0 Å². The Morgan fingerprint density at radius 2 is 2.22 bits per heavy atom. The second-order valence-corrected chi connectivity index (χ2v) is 2.49. The zero-order valence-corrected chi connectivity index (χ0v) is 5.77. The molecular weight excluding hydrogens is 110 g/mol. The molecule has 0 aliphatic carbocycles. The lowest BCUT2D eigenvalue weighted by Crippen LogP contribution is -2.37. The summed E-state index contributed by atoms with van der Waals surface area (Å²) in [6.07, 6.45) is 3.18.